The number of nitrogens with two attached hydrogens (primary N) is 1. The number of ether oxygens (including phenoxy) is 1. The van der Waals surface area contributed by atoms with E-state index in [2.05, 4.69) is 16.6 Å². The van der Waals surface area contributed by atoms with E-state index in [9.17, 15) is 8.78 Å². The molecule has 0 radical (unpaired) electrons. The Labute approximate surface area is 141 Å². The van der Waals surface area contributed by atoms with Crippen molar-refractivity contribution < 1.29 is 18.3 Å². The second kappa shape index (κ2) is 11.2. The number of anilines is 3. The summed E-state index contributed by atoms with van der Waals surface area (Å²) in [5.74, 6) is -0.00861. The number of hydrogen-bond acceptors (Lipinski definition) is 6. The number of alkyl halides is 2. The van der Waals surface area contributed by atoms with Gasteiger partial charge in [0.1, 0.15) is 6.29 Å². The number of likely N-dealkylation sites (N-methyl/N-ethyl adjacent to an activating group) is 2. The number of carbonyl (C=O) groups is 1. The summed E-state index contributed by atoms with van der Waals surface area (Å²) < 4.78 is 29.1. The summed E-state index contributed by atoms with van der Waals surface area (Å²) in [6.07, 6.45) is 1.83. The Bertz CT molecular complexity index is 519. The van der Waals surface area contributed by atoms with Gasteiger partial charge in [-0.05, 0) is 26.2 Å². The van der Waals surface area contributed by atoms with Gasteiger partial charge in [-0.2, -0.15) is 8.78 Å². The van der Waals surface area contributed by atoms with Crippen LogP contribution in [0.5, 0.6) is 5.75 Å². The van der Waals surface area contributed by atoms with Crippen molar-refractivity contribution in [1.82, 2.24) is 4.90 Å². The monoisotopic (exact) mass is 344 g/mol. The molecule has 0 fully saturated rings. The van der Waals surface area contributed by atoms with Crippen LogP contribution in [0, 0.1) is 0 Å². The normalized spacial score (nSPS) is 10.0. The predicted molar refractivity (Wildman–Crippen MR) is 95.1 cm³/mol. The van der Waals surface area contributed by atoms with Crippen LogP contribution in [0.1, 0.15) is 0 Å². The van der Waals surface area contributed by atoms with E-state index in [1.165, 1.54) is 12.1 Å². The lowest BCUT2D eigenvalue weighted by Crippen LogP contribution is -2.29. The maximum absolute atomic E-state index is 12.4. The van der Waals surface area contributed by atoms with Crippen LogP contribution >= 0.6 is 0 Å². The molecule has 8 heteroatoms. The fourth-order valence-corrected chi connectivity index (χ4v) is 1.77. The van der Waals surface area contributed by atoms with Crippen molar-refractivity contribution >= 4 is 23.3 Å². The number of halogens is 2. The second-order valence-corrected chi connectivity index (χ2v) is 5.13. The molecule has 0 bridgehead atoms. The summed E-state index contributed by atoms with van der Waals surface area (Å²) in [5.41, 5.74) is 7.42. The average Bonchev–Trinajstić information content (AvgIpc) is 2.53. The molecule has 24 heavy (non-hydrogen) atoms. The van der Waals surface area contributed by atoms with E-state index >= 15 is 0 Å². The number of allylic oxidation sites excluding steroid dienone is 1. The highest BCUT2D eigenvalue weighted by Gasteiger charge is 2.14. The molecular weight excluding hydrogens is 318 g/mol. The Morgan fingerprint density at radius 3 is 2.33 bits per heavy atom. The molecule has 6 nitrogen and oxygen atoms in total. The van der Waals surface area contributed by atoms with Crippen LogP contribution in [-0.2, 0) is 4.79 Å². The van der Waals surface area contributed by atoms with Crippen LogP contribution in [0.15, 0.2) is 24.8 Å². The van der Waals surface area contributed by atoms with Crippen molar-refractivity contribution in [3.8, 4) is 5.75 Å². The number of carbonyl (C=O) groups excluding carboxylic acids is 1. The summed E-state index contributed by atoms with van der Waals surface area (Å²) in [7, 11) is 7.59. The molecule has 0 atom stereocenters. The minimum absolute atomic E-state index is 0.00861. The van der Waals surface area contributed by atoms with Crippen LogP contribution in [0.3, 0.4) is 0 Å². The van der Waals surface area contributed by atoms with E-state index in [-0.39, 0.29) is 11.4 Å². The number of nitrogens with zero attached hydrogens (tertiary/aromatic N) is 2. The lowest BCUT2D eigenvalue weighted by atomic mass is 10.2. The highest BCUT2D eigenvalue weighted by atomic mass is 19.3. The molecule has 1 aromatic rings. The molecule has 0 spiro atoms. The first-order valence-corrected chi connectivity index (χ1v) is 7.24. The SMILES string of the molecule is C=CC=O.CNc1cc(N)c(OC(F)F)cc1N(C)CCN(C)C. The smallest absolute Gasteiger partial charge is 0.387 e. The largest absolute Gasteiger partial charge is 0.433 e. The maximum Gasteiger partial charge on any atom is 0.387 e. The first-order chi connectivity index (χ1) is 11.3. The molecule has 136 valence electrons. The molecule has 0 heterocycles. The van der Waals surface area contributed by atoms with Crippen LogP contribution in [0.25, 0.3) is 0 Å². The standard InChI is InChI=1S/C13H22F2N4O.C3H4O/c1-17-10-7-9(16)12(20-13(14)15)8-11(10)19(4)6-5-18(2)3;1-2-3-4/h7-8,13,17H,5-6,16H2,1-4H3;2-3H,1H2. The van der Waals surface area contributed by atoms with Crippen molar-refractivity contribution in [2.45, 2.75) is 6.61 Å². The number of rotatable bonds is 8. The highest BCUT2D eigenvalue weighted by molar-refractivity contribution is 5.78. The summed E-state index contributed by atoms with van der Waals surface area (Å²) in [4.78, 5) is 13.1. The zero-order valence-electron chi connectivity index (χ0n) is 14.6. The van der Waals surface area contributed by atoms with Crippen LogP contribution in [-0.4, -0.2) is 59.1 Å². The molecule has 3 N–H and O–H groups in total. The Morgan fingerprint density at radius 1 is 1.33 bits per heavy atom. The lowest BCUT2D eigenvalue weighted by molar-refractivity contribution is -0.104. The third-order valence-corrected chi connectivity index (χ3v) is 3.00. The van der Waals surface area contributed by atoms with Gasteiger partial charge >= 0.3 is 6.61 Å². The molecule has 0 unspecified atom stereocenters. The Morgan fingerprint density at radius 2 is 1.92 bits per heavy atom. The van der Waals surface area contributed by atoms with Crippen LogP contribution < -0.4 is 20.7 Å². The van der Waals surface area contributed by atoms with Crippen molar-refractivity contribution in [3.63, 3.8) is 0 Å². The molecular formula is C16H26F2N4O2. The van der Waals surface area contributed by atoms with Gasteiger partial charge in [0.2, 0.25) is 0 Å². The lowest BCUT2D eigenvalue weighted by Gasteiger charge is -2.25. The topological polar surface area (TPSA) is 70.8 Å². The van der Waals surface area contributed by atoms with Gasteiger partial charge in [-0.25, -0.2) is 0 Å². The average molecular weight is 344 g/mol. The fourth-order valence-electron chi connectivity index (χ4n) is 1.77. The molecule has 0 saturated heterocycles. The van der Waals surface area contributed by atoms with Gasteiger partial charge in [0.25, 0.3) is 0 Å². The first-order valence-electron chi connectivity index (χ1n) is 7.24. The van der Waals surface area contributed by atoms with Crippen molar-refractivity contribution in [3.05, 3.63) is 24.8 Å². The van der Waals surface area contributed by atoms with E-state index in [1.54, 1.807) is 13.1 Å². The van der Waals surface area contributed by atoms with Gasteiger partial charge in [0.05, 0.1) is 17.1 Å². The summed E-state index contributed by atoms with van der Waals surface area (Å²) in [5, 5.41) is 3.01. The molecule has 0 aliphatic rings. The van der Waals surface area contributed by atoms with E-state index in [1.807, 2.05) is 30.9 Å². The minimum Gasteiger partial charge on any atom is -0.433 e. The summed E-state index contributed by atoms with van der Waals surface area (Å²) in [6.45, 7) is 1.81. The Balaban J connectivity index is 0.00000118. The third-order valence-electron chi connectivity index (χ3n) is 3.00. The zero-order chi connectivity index (χ0) is 18.7. The van der Waals surface area contributed by atoms with Crippen molar-refractivity contribution in [2.75, 3.05) is 57.2 Å². The number of aldehydes is 1. The van der Waals surface area contributed by atoms with E-state index in [0.717, 1.165) is 24.5 Å². The fraction of sp³-hybridized carbons (Fsp3) is 0.438. The third kappa shape index (κ3) is 7.77. The molecule has 0 amide bonds. The summed E-state index contributed by atoms with van der Waals surface area (Å²) >= 11 is 0. The molecule has 0 aliphatic carbocycles. The van der Waals surface area contributed by atoms with E-state index < -0.39 is 6.61 Å². The Kier molecular flexibility index (Phi) is 10.1. The number of nitrogen functional groups attached to an aromatic ring is 1. The molecule has 1 aromatic carbocycles. The van der Waals surface area contributed by atoms with Gasteiger partial charge in [0, 0.05) is 33.3 Å². The Hall–Kier alpha value is -2.35. The highest BCUT2D eigenvalue weighted by Crippen LogP contribution is 2.35. The predicted octanol–water partition coefficient (Wildman–Crippen LogP) is 2.28. The maximum atomic E-state index is 12.4. The molecule has 0 aromatic heterocycles. The van der Waals surface area contributed by atoms with Crippen molar-refractivity contribution in [1.29, 1.82) is 0 Å². The van der Waals surface area contributed by atoms with Gasteiger partial charge in [0.15, 0.2) is 5.75 Å². The minimum atomic E-state index is -2.89. The molecule has 1 rings (SSSR count). The molecule has 0 aliphatic heterocycles. The summed E-state index contributed by atoms with van der Waals surface area (Å²) in [6, 6.07) is 3.13. The number of hydrogen-bond donors (Lipinski definition) is 2. The number of nitrogens with one attached hydrogen (secondary N) is 1. The van der Waals surface area contributed by atoms with Gasteiger partial charge in [-0.3, -0.25) is 4.79 Å². The van der Waals surface area contributed by atoms with Gasteiger partial charge in [-0.1, -0.05) is 6.58 Å². The second-order valence-electron chi connectivity index (χ2n) is 5.13. The van der Waals surface area contributed by atoms with Gasteiger partial charge < -0.3 is 25.6 Å². The number of benzene rings is 1. The van der Waals surface area contributed by atoms with Gasteiger partial charge in [-0.15, -0.1) is 0 Å². The first kappa shape index (κ1) is 21.6. The zero-order valence-corrected chi connectivity index (χ0v) is 14.6. The molecule has 0 saturated carbocycles. The van der Waals surface area contributed by atoms with E-state index in [4.69, 9.17) is 10.5 Å². The van der Waals surface area contributed by atoms with Crippen LogP contribution in [0.4, 0.5) is 25.8 Å². The van der Waals surface area contributed by atoms with E-state index in [0.29, 0.717) is 6.29 Å². The quantitative estimate of drug-likeness (QED) is 0.428. The van der Waals surface area contributed by atoms with Crippen molar-refractivity contribution in [2.24, 2.45) is 0 Å². The van der Waals surface area contributed by atoms with Crippen LogP contribution in [0.2, 0.25) is 0 Å².